The van der Waals surface area contributed by atoms with Gasteiger partial charge in [-0.25, -0.2) is 0 Å². The highest BCUT2D eigenvalue weighted by molar-refractivity contribution is 4.82. The maximum atomic E-state index is 2.67. The average molecular weight is 283 g/mol. The molecule has 2 heterocycles. The van der Waals surface area contributed by atoms with Gasteiger partial charge in [0.25, 0.3) is 0 Å². The van der Waals surface area contributed by atoms with Crippen molar-refractivity contribution in [3.05, 3.63) is 0 Å². The summed E-state index contributed by atoms with van der Waals surface area (Å²) in [5.41, 5.74) is 0. The predicted molar refractivity (Wildman–Crippen MR) is 90.2 cm³/mol. The van der Waals surface area contributed by atoms with Gasteiger partial charge in [0, 0.05) is 6.04 Å². The molecule has 0 radical (unpaired) electrons. The molecule has 120 valence electrons. The van der Waals surface area contributed by atoms with Gasteiger partial charge in [-0.15, -0.1) is 0 Å². The Morgan fingerprint density at radius 1 is 0.850 bits per heavy atom. The average Bonchev–Trinajstić information content (AvgIpc) is 2.50. The Morgan fingerprint density at radius 2 is 1.30 bits per heavy atom. The number of hydrogen-bond acceptors (Lipinski definition) is 2. The molecule has 0 bridgehead atoms. The third-order valence-corrected chi connectivity index (χ3v) is 5.14. The highest BCUT2D eigenvalue weighted by Crippen LogP contribution is 2.32. The van der Waals surface area contributed by atoms with Crippen LogP contribution in [0, 0.1) is 11.8 Å². The van der Waals surface area contributed by atoms with Crippen molar-refractivity contribution in [3.8, 4) is 0 Å². The summed E-state index contributed by atoms with van der Waals surface area (Å²) in [6.45, 7) is 17.7. The van der Waals surface area contributed by atoms with Crippen molar-refractivity contribution in [1.82, 2.24) is 9.80 Å². The zero-order valence-corrected chi connectivity index (χ0v) is 14.7. The first kappa shape index (κ1) is 18.0. The van der Waals surface area contributed by atoms with E-state index in [0.29, 0.717) is 0 Å². The molecule has 0 amide bonds. The fourth-order valence-electron chi connectivity index (χ4n) is 3.87. The second-order valence-corrected chi connectivity index (χ2v) is 6.65. The van der Waals surface area contributed by atoms with Crippen molar-refractivity contribution < 1.29 is 0 Å². The second-order valence-electron chi connectivity index (χ2n) is 6.65. The van der Waals surface area contributed by atoms with E-state index >= 15 is 0 Å². The summed E-state index contributed by atoms with van der Waals surface area (Å²) in [4.78, 5) is 5.32. The molecule has 0 spiro atoms. The van der Waals surface area contributed by atoms with Gasteiger partial charge in [0.1, 0.15) is 0 Å². The van der Waals surface area contributed by atoms with Crippen molar-refractivity contribution in [3.63, 3.8) is 0 Å². The number of likely N-dealkylation sites (tertiary alicyclic amines) is 2. The van der Waals surface area contributed by atoms with Crippen molar-refractivity contribution in [2.24, 2.45) is 11.8 Å². The summed E-state index contributed by atoms with van der Waals surface area (Å²) < 4.78 is 0. The van der Waals surface area contributed by atoms with E-state index in [4.69, 9.17) is 0 Å². The molecule has 0 atom stereocenters. The van der Waals surface area contributed by atoms with Crippen LogP contribution in [-0.4, -0.2) is 48.6 Å². The van der Waals surface area contributed by atoms with Crippen LogP contribution in [0.3, 0.4) is 0 Å². The number of hydrogen-bond donors (Lipinski definition) is 0. The van der Waals surface area contributed by atoms with Gasteiger partial charge in [0.05, 0.1) is 0 Å². The second kappa shape index (κ2) is 9.78. The molecule has 20 heavy (non-hydrogen) atoms. The van der Waals surface area contributed by atoms with Crippen molar-refractivity contribution in [2.75, 3.05) is 32.7 Å². The molecule has 0 aromatic heterocycles. The molecule has 2 aliphatic heterocycles. The molecule has 2 rings (SSSR count). The lowest BCUT2D eigenvalue weighted by atomic mass is 9.78. The Labute approximate surface area is 127 Å². The van der Waals surface area contributed by atoms with Crippen LogP contribution >= 0.6 is 0 Å². The maximum Gasteiger partial charge on any atom is 0.00385 e. The van der Waals surface area contributed by atoms with E-state index in [1.807, 2.05) is 13.8 Å². The Kier molecular flexibility index (Phi) is 8.79. The molecule has 0 N–H and O–H groups in total. The molecular formula is C18H38N2. The zero-order chi connectivity index (χ0) is 15.0. The number of nitrogens with zero attached hydrogens (tertiary/aromatic N) is 2. The molecule has 2 nitrogen and oxygen atoms in total. The van der Waals surface area contributed by atoms with Crippen molar-refractivity contribution in [1.29, 1.82) is 0 Å². The normalized spacial score (nSPS) is 23.7. The first-order valence-electron chi connectivity index (χ1n) is 9.17. The minimum atomic E-state index is 0.748. The summed E-state index contributed by atoms with van der Waals surface area (Å²) in [6, 6.07) is 0.748. The Bertz CT molecular complexity index is 224. The Morgan fingerprint density at radius 3 is 1.70 bits per heavy atom. The fourth-order valence-corrected chi connectivity index (χ4v) is 3.87. The van der Waals surface area contributed by atoms with Crippen molar-refractivity contribution >= 4 is 0 Å². The Balaban J connectivity index is 0.000000956. The van der Waals surface area contributed by atoms with Crippen LogP contribution in [0.15, 0.2) is 0 Å². The third-order valence-electron chi connectivity index (χ3n) is 5.14. The summed E-state index contributed by atoms with van der Waals surface area (Å²) in [5.74, 6) is 2.07. The van der Waals surface area contributed by atoms with Crippen LogP contribution in [-0.2, 0) is 0 Å². The molecule has 2 fully saturated rings. The molecule has 0 saturated carbocycles. The predicted octanol–water partition coefficient (Wildman–Crippen LogP) is 4.26. The molecule has 0 aromatic rings. The van der Waals surface area contributed by atoms with Crippen LogP contribution in [0.1, 0.15) is 66.7 Å². The van der Waals surface area contributed by atoms with E-state index in [9.17, 15) is 0 Å². The maximum absolute atomic E-state index is 2.67. The van der Waals surface area contributed by atoms with Gasteiger partial charge in [-0.3, -0.25) is 0 Å². The van der Waals surface area contributed by atoms with E-state index in [2.05, 4.69) is 30.6 Å². The van der Waals surface area contributed by atoms with E-state index in [1.165, 1.54) is 64.8 Å². The van der Waals surface area contributed by atoms with Crippen LogP contribution in [0.5, 0.6) is 0 Å². The van der Waals surface area contributed by atoms with Crippen LogP contribution < -0.4 is 0 Å². The van der Waals surface area contributed by atoms with Crippen LogP contribution in [0.2, 0.25) is 0 Å². The molecular weight excluding hydrogens is 244 g/mol. The summed E-state index contributed by atoms with van der Waals surface area (Å²) in [6.07, 6.45) is 7.16. The van der Waals surface area contributed by atoms with Gasteiger partial charge in [-0.05, 0) is 90.5 Å². The Hall–Kier alpha value is -0.0800. The number of rotatable bonds is 4. The highest BCUT2D eigenvalue weighted by Gasteiger charge is 2.29. The van der Waals surface area contributed by atoms with E-state index < -0.39 is 0 Å². The lowest BCUT2D eigenvalue weighted by molar-refractivity contribution is 0.0839. The van der Waals surface area contributed by atoms with Gasteiger partial charge in [-0.2, -0.15) is 0 Å². The van der Waals surface area contributed by atoms with Gasteiger partial charge in [-0.1, -0.05) is 20.8 Å². The minimum Gasteiger partial charge on any atom is -0.303 e. The monoisotopic (exact) mass is 282 g/mol. The first-order chi connectivity index (χ1) is 9.70. The molecule has 2 aliphatic rings. The molecule has 2 heteroatoms. The van der Waals surface area contributed by atoms with Gasteiger partial charge < -0.3 is 9.80 Å². The molecule has 2 saturated heterocycles. The standard InChI is InChI=1S/C16H32N2.C2H6/c1-4-9-17-10-5-15(6-11-17)16-7-12-18(13-8-16)14(2)3;1-2/h14-16H,4-13H2,1-3H3;1-2H3. The summed E-state index contributed by atoms with van der Waals surface area (Å²) in [7, 11) is 0. The van der Waals surface area contributed by atoms with Crippen molar-refractivity contribution in [2.45, 2.75) is 72.8 Å². The van der Waals surface area contributed by atoms with E-state index in [1.54, 1.807) is 0 Å². The first-order valence-corrected chi connectivity index (χ1v) is 9.17. The SMILES string of the molecule is CC.CCCN1CCC(C2CCN(C(C)C)CC2)CC1. The minimum absolute atomic E-state index is 0.748. The van der Waals surface area contributed by atoms with E-state index in [0.717, 1.165) is 17.9 Å². The largest absolute Gasteiger partial charge is 0.303 e. The van der Waals surface area contributed by atoms with E-state index in [-0.39, 0.29) is 0 Å². The van der Waals surface area contributed by atoms with Gasteiger partial charge in [0.2, 0.25) is 0 Å². The quantitative estimate of drug-likeness (QED) is 0.760. The van der Waals surface area contributed by atoms with Crippen LogP contribution in [0.25, 0.3) is 0 Å². The lowest BCUT2D eigenvalue weighted by Gasteiger charge is -2.41. The zero-order valence-electron chi connectivity index (χ0n) is 14.7. The topological polar surface area (TPSA) is 6.48 Å². The smallest absolute Gasteiger partial charge is 0.00385 e. The van der Waals surface area contributed by atoms with Gasteiger partial charge >= 0.3 is 0 Å². The molecule has 0 aliphatic carbocycles. The lowest BCUT2D eigenvalue weighted by Crippen LogP contribution is -2.42. The molecule has 0 unspecified atom stereocenters. The highest BCUT2D eigenvalue weighted by atomic mass is 15.2. The summed E-state index contributed by atoms with van der Waals surface area (Å²) in [5, 5.41) is 0. The van der Waals surface area contributed by atoms with Gasteiger partial charge in [0.15, 0.2) is 0 Å². The van der Waals surface area contributed by atoms with Crippen LogP contribution in [0.4, 0.5) is 0 Å². The molecule has 0 aromatic carbocycles. The fraction of sp³-hybridized carbons (Fsp3) is 1.00. The summed E-state index contributed by atoms with van der Waals surface area (Å²) >= 11 is 0. The third kappa shape index (κ3) is 5.37. The number of piperidine rings is 2.